The lowest BCUT2D eigenvalue weighted by Gasteiger charge is -2.53. The molecule has 1 amide bonds. The van der Waals surface area contributed by atoms with Gasteiger partial charge in [-0.05, 0) is 30.5 Å². The van der Waals surface area contributed by atoms with Crippen LogP contribution in [0.1, 0.15) is 18.4 Å². The average Bonchev–Trinajstić information content (AvgIpc) is 3.30. The summed E-state index contributed by atoms with van der Waals surface area (Å²) in [5.41, 5.74) is -0.576. The number of sulfone groups is 1. The lowest BCUT2D eigenvalue weighted by atomic mass is 9.89. The second kappa shape index (κ2) is 6.37. The van der Waals surface area contributed by atoms with Crippen molar-refractivity contribution < 1.29 is 22.3 Å². The van der Waals surface area contributed by atoms with E-state index in [0.29, 0.717) is 6.54 Å². The van der Waals surface area contributed by atoms with Crippen molar-refractivity contribution in [3.8, 4) is 0 Å². The van der Waals surface area contributed by atoms with E-state index in [9.17, 15) is 17.6 Å². The highest BCUT2D eigenvalue weighted by Gasteiger charge is 2.60. The molecule has 0 bridgehead atoms. The minimum absolute atomic E-state index is 0.0173. The Morgan fingerprint density at radius 1 is 1.24 bits per heavy atom. The van der Waals surface area contributed by atoms with Gasteiger partial charge in [-0.15, -0.1) is 0 Å². The lowest BCUT2D eigenvalue weighted by molar-refractivity contribution is -0.167. The third kappa shape index (κ3) is 3.16. The van der Waals surface area contributed by atoms with Gasteiger partial charge >= 0.3 is 0 Å². The number of nitrogens with zero attached hydrogens (tertiary/aromatic N) is 3. The van der Waals surface area contributed by atoms with E-state index < -0.39 is 26.1 Å². The molecule has 5 rings (SSSR count). The van der Waals surface area contributed by atoms with Gasteiger partial charge in [0, 0.05) is 18.9 Å². The van der Waals surface area contributed by atoms with Crippen molar-refractivity contribution in [1.29, 1.82) is 0 Å². The fourth-order valence-electron chi connectivity index (χ4n) is 4.49. The number of ether oxygens (including phenoxy) is 1. The summed E-state index contributed by atoms with van der Waals surface area (Å²) >= 11 is 0. The molecule has 1 saturated carbocycles. The number of hydrogen-bond donors (Lipinski definition) is 0. The van der Waals surface area contributed by atoms with Gasteiger partial charge in [-0.1, -0.05) is 12.1 Å². The second-order valence-corrected chi connectivity index (χ2v) is 10.7. The minimum Gasteiger partial charge on any atom is -0.369 e. The maximum Gasteiger partial charge on any atom is 0.233 e. The quantitative estimate of drug-likeness (QED) is 0.743. The molecule has 0 radical (unpaired) electrons. The smallest absolute Gasteiger partial charge is 0.233 e. The molecule has 3 fully saturated rings. The van der Waals surface area contributed by atoms with Crippen LogP contribution >= 0.6 is 0 Å². The van der Waals surface area contributed by atoms with Gasteiger partial charge in [0.2, 0.25) is 5.91 Å². The molecule has 0 N–H and O–H groups in total. The molecule has 1 aromatic carbocycles. The largest absolute Gasteiger partial charge is 0.369 e. The van der Waals surface area contributed by atoms with Gasteiger partial charge in [0.15, 0.2) is 9.84 Å². The first kappa shape index (κ1) is 18.7. The van der Waals surface area contributed by atoms with Gasteiger partial charge < -0.3 is 14.2 Å². The van der Waals surface area contributed by atoms with Crippen LogP contribution < -0.4 is 0 Å². The number of hydrogen-bond acceptors (Lipinski definition) is 5. The minimum atomic E-state index is -3.35. The van der Waals surface area contributed by atoms with Crippen molar-refractivity contribution in [2.45, 2.75) is 35.7 Å². The molecule has 1 aromatic heterocycles. The molecular formula is C20H22FN3O4S. The van der Waals surface area contributed by atoms with E-state index in [2.05, 4.69) is 4.98 Å². The number of amides is 1. The van der Waals surface area contributed by atoms with Crippen LogP contribution in [-0.4, -0.2) is 65.1 Å². The third-order valence-corrected chi connectivity index (χ3v) is 8.55. The predicted molar refractivity (Wildman–Crippen MR) is 102 cm³/mol. The zero-order chi connectivity index (χ0) is 20.3. The van der Waals surface area contributed by atoms with Crippen LogP contribution in [0.5, 0.6) is 0 Å². The summed E-state index contributed by atoms with van der Waals surface area (Å²) in [7, 11) is -3.35. The topological polar surface area (TPSA) is 81.5 Å². The summed E-state index contributed by atoms with van der Waals surface area (Å²) < 4.78 is 46.5. The number of aromatic nitrogens is 2. The number of carbonyl (C=O) groups excluding carboxylic acids is 1. The molecule has 0 unspecified atom stereocenters. The highest BCUT2D eigenvalue weighted by Crippen LogP contribution is 2.51. The molecule has 2 aromatic rings. The first-order valence-electron chi connectivity index (χ1n) is 9.69. The third-order valence-electron chi connectivity index (χ3n) is 6.32. The van der Waals surface area contributed by atoms with Crippen molar-refractivity contribution in [2.75, 3.05) is 25.4 Å². The van der Waals surface area contributed by atoms with Crippen LogP contribution in [0.4, 0.5) is 4.39 Å². The van der Waals surface area contributed by atoms with Crippen LogP contribution in [0, 0.1) is 5.82 Å². The fraction of sp³-hybridized carbons (Fsp3) is 0.500. The van der Waals surface area contributed by atoms with Crippen molar-refractivity contribution in [3.63, 3.8) is 0 Å². The summed E-state index contributed by atoms with van der Waals surface area (Å²) in [5, 5.41) is -0.610. The fourth-order valence-corrected chi connectivity index (χ4v) is 6.40. The molecule has 1 spiro atoms. The van der Waals surface area contributed by atoms with Crippen LogP contribution in [0.2, 0.25) is 0 Å². The van der Waals surface area contributed by atoms with Gasteiger partial charge in [-0.2, -0.15) is 0 Å². The molecule has 3 aliphatic rings. The Balaban J connectivity index is 1.25. The normalized spacial score (nSPS) is 26.1. The predicted octanol–water partition coefficient (Wildman–Crippen LogP) is 1.15. The maximum atomic E-state index is 13.2. The molecule has 2 saturated heterocycles. The zero-order valence-electron chi connectivity index (χ0n) is 15.8. The summed E-state index contributed by atoms with van der Waals surface area (Å²) in [4.78, 5) is 18.7. The number of halogens is 1. The van der Waals surface area contributed by atoms with Crippen LogP contribution in [0.3, 0.4) is 0 Å². The first-order valence-corrected chi connectivity index (χ1v) is 11.4. The molecule has 2 aliphatic heterocycles. The second-order valence-electron chi connectivity index (χ2n) is 8.43. The SMILES string of the molecule is O=C(N1CC2(C1)CS(=O)(=O)[C@@H](Cn1ccnc1)CO2)C1(c2ccc(F)cc2)CC1. The van der Waals surface area contributed by atoms with Gasteiger partial charge in [-0.25, -0.2) is 17.8 Å². The highest BCUT2D eigenvalue weighted by atomic mass is 32.2. The maximum absolute atomic E-state index is 13.2. The van der Waals surface area contributed by atoms with Crippen molar-refractivity contribution in [3.05, 3.63) is 54.4 Å². The molecule has 7 nitrogen and oxygen atoms in total. The number of likely N-dealkylation sites (tertiary alicyclic amines) is 1. The van der Waals surface area contributed by atoms with Crippen LogP contribution in [0.25, 0.3) is 0 Å². The number of carbonyl (C=O) groups is 1. The summed E-state index contributed by atoms with van der Waals surface area (Å²) in [6.07, 6.45) is 6.39. The van der Waals surface area contributed by atoms with Crippen molar-refractivity contribution in [2.24, 2.45) is 0 Å². The highest BCUT2D eigenvalue weighted by molar-refractivity contribution is 7.92. The molecule has 154 valence electrons. The standard InChI is InChI=1S/C20H22FN3O4S/c21-16-3-1-15(2-4-16)20(5-6-20)18(25)24-11-19(12-24)13-29(26,27)17(10-28-19)9-23-8-7-22-14-23/h1-4,7-8,14,17H,5-6,9-13H2/t17-/m0/s1. The van der Waals surface area contributed by atoms with Crippen LogP contribution in [-0.2, 0) is 31.3 Å². The van der Waals surface area contributed by atoms with E-state index in [0.717, 1.165) is 18.4 Å². The molecule has 1 aliphatic carbocycles. The van der Waals surface area contributed by atoms with E-state index in [4.69, 9.17) is 4.74 Å². The molecular weight excluding hydrogens is 397 g/mol. The Bertz CT molecular complexity index is 1030. The van der Waals surface area contributed by atoms with E-state index in [1.54, 1.807) is 40.3 Å². The van der Waals surface area contributed by atoms with E-state index in [-0.39, 0.29) is 37.2 Å². The van der Waals surface area contributed by atoms with E-state index in [1.165, 1.54) is 12.1 Å². The molecule has 1 atom stereocenters. The monoisotopic (exact) mass is 419 g/mol. The van der Waals surface area contributed by atoms with Gasteiger partial charge in [0.1, 0.15) is 16.7 Å². The molecule has 9 heteroatoms. The molecule has 29 heavy (non-hydrogen) atoms. The Morgan fingerprint density at radius 2 is 1.97 bits per heavy atom. The van der Waals surface area contributed by atoms with Crippen LogP contribution in [0.15, 0.2) is 43.0 Å². The zero-order valence-corrected chi connectivity index (χ0v) is 16.6. The number of benzene rings is 1. The Morgan fingerprint density at radius 3 is 2.55 bits per heavy atom. The van der Waals surface area contributed by atoms with E-state index in [1.807, 2.05) is 0 Å². The summed E-state index contributed by atoms with van der Waals surface area (Å²) in [6.45, 7) is 0.998. The lowest BCUT2D eigenvalue weighted by Crippen LogP contribution is -2.71. The average molecular weight is 419 g/mol. The summed E-state index contributed by atoms with van der Waals surface area (Å²) in [5.74, 6) is -0.422. The first-order chi connectivity index (χ1) is 13.8. The van der Waals surface area contributed by atoms with Crippen molar-refractivity contribution in [1.82, 2.24) is 14.5 Å². The van der Waals surface area contributed by atoms with Gasteiger partial charge in [-0.3, -0.25) is 4.79 Å². The molecule has 3 heterocycles. The van der Waals surface area contributed by atoms with Gasteiger partial charge in [0.05, 0.1) is 37.2 Å². The van der Waals surface area contributed by atoms with Gasteiger partial charge in [0.25, 0.3) is 0 Å². The Kier molecular flexibility index (Phi) is 4.12. The summed E-state index contributed by atoms with van der Waals surface area (Å²) in [6, 6.07) is 6.07. The Hall–Kier alpha value is -2.26. The van der Waals surface area contributed by atoms with E-state index >= 15 is 0 Å². The number of rotatable bonds is 4. The van der Waals surface area contributed by atoms with Crippen molar-refractivity contribution >= 4 is 15.7 Å². The number of imidazole rings is 1. The Labute approximate surface area is 168 Å².